The van der Waals surface area contributed by atoms with Crippen LogP contribution in [-0.2, 0) is 26.0 Å². The van der Waals surface area contributed by atoms with Gasteiger partial charge < -0.3 is 9.47 Å². The third-order valence-corrected chi connectivity index (χ3v) is 8.58. The first-order valence-corrected chi connectivity index (χ1v) is 16.6. The van der Waals surface area contributed by atoms with Gasteiger partial charge in [-0.2, -0.15) is 0 Å². The van der Waals surface area contributed by atoms with E-state index in [1.807, 2.05) is 57.2 Å². The lowest BCUT2D eigenvalue weighted by atomic mass is 9.91. The number of likely N-dealkylation sites (tertiary alicyclic amines) is 1. The van der Waals surface area contributed by atoms with Gasteiger partial charge >= 0.3 is 6.09 Å². The zero-order valence-electron chi connectivity index (χ0n) is 25.0. The zero-order valence-corrected chi connectivity index (χ0v) is 25.8. The number of sulfonamides is 1. The molecule has 0 bridgehead atoms. The summed E-state index contributed by atoms with van der Waals surface area (Å²) in [5.74, 6) is 0.0741. The van der Waals surface area contributed by atoms with Gasteiger partial charge in [-0.3, -0.25) is 4.90 Å². The van der Waals surface area contributed by atoms with Gasteiger partial charge in [-0.15, -0.1) is 0 Å². The van der Waals surface area contributed by atoms with E-state index in [1.54, 1.807) is 0 Å². The Labute approximate surface area is 249 Å². The summed E-state index contributed by atoms with van der Waals surface area (Å²) in [5.41, 5.74) is 4.48. The highest BCUT2D eigenvalue weighted by Gasteiger charge is 2.32. The van der Waals surface area contributed by atoms with E-state index >= 15 is 0 Å². The smallest absolute Gasteiger partial charge is 0.420 e. The number of hydrogen-bond acceptors (Lipinski definition) is 7. The number of nitrogens with one attached hydrogen (secondary N) is 1. The number of fused-ring (bicyclic) bond motifs is 1. The predicted octanol–water partition coefficient (Wildman–Crippen LogP) is 5.21. The molecule has 2 aromatic carbocycles. The third-order valence-electron chi connectivity index (χ3n) is 7.85. The van der Waals surface area contributed by atoms with E-state index in [-0.39, 0.29) is 18.1 Å². The van der Waals surface area contributed by atoms with Crippen LogP contribution in [-0.4, -0.2) is 72.7 Å². The molecule has 9 nitrogen and oxygen atoms in total. The van der Waals surface area contributed by atoms with Crippen molar-refractivity contribution in [2.24, 2.45) is 5.92 Å². The molecule has 0 saturated carbocycles. The van der Waals surface area contributed by atoms with Crippen LogP contribution in [0.4, 0.5) is 4.79 Å². The molecule has 3 aromatic rings. The van der Waals surface area contributed by atoms with Crippen molar-refractivity contribution in [3.8, 4) is 0 Å². The average molecular weight is 595 g/mol. The summed E-state index contributed by atoms with van der Waals surface area (Å²) in [4.78, 5) is 19.4. The van der Waals surface area contributed by atoms with Crippen molar-refractivity contribution in [2.75, 3.05) is 26.0 Å². The summed E-state index contributed by atoms with van der Waals surface area (Å²) in [6, 6.07) is 16.2. The van der Waals surface area contributed by atoms with Crippen molar-refractivity contribution in [1.29, 1.82) is 0 Å². The van der Waals surface area contributed by atoms with Crippen molar-refractivity contribution in [1.82, 2.24) is 19.2 Å². The summed E-state index contributed by atoms with van der Waals surface area (Å²) >= 11 is 0. The second-order valence-electron chi connectivity index (χ2n) is 12.5. The number of benzene rings is 2. The van der Waals surface area contributed by atoms with E-state index in [0.717, 1.165) is 61.9 Å². The average Bonchev–Trinajstić information content (AvgIpc) is 3.36. The Kier molecular flexibility index (Phi) is 9.17. The van der Waals surface area contributed by atoms with Crippen LogP contribution in [0.1, 0.15) is 57.6 Å². The van der Waals surface area contributed by atoms with E-state index in [9.17, 15) is 13.2 Å². The maximum Gasteiger partial charge on any atom is 0.420 e. The number of hydrogen-bond donors (Lipinski definition) is 1. The molecular formula is C32H42N4O5S. The normalized spacial score (nSPS) is 22.2. The minimum atomic E-state index is -3.31. The Morgan fingerprint density at radius 1 is 1.12 bits per heavy atom. The zero-order chi connectivity index (χ0) is 29.9. The largest absolute Gasteiger partial charge is 0.443 e. The van der Waals surface area contributed by atoms with E-state index < -0.39 is 21.7 Å². The maximum absolute atomic E-state index is 12.6. The molecule has 1 aromatic heterocycles. The number of imidazole rings is 1. The van der Waals surface area contributed by atoms with E-state index in [4.69, 9.17) is 9.47 Å². The fourth-order valence-electron chi connectivity index (χ4n) is 5.84. The van der Waals surface area contributed by atoms with Crippen molar-refractivity contribution in [3.05, 3.63) is 72.1 Å². The second-order valence-corrected chi connectivity index (χ2v) is 14.3. The first-order valence-electron chi connectivity index (χ1n) is 14.7. The third kappa shape index (κ3) is 8.06. The van der Waals surface area contributed by atoms with E-state index in [1.165, 1.54) is 28.3 Å². The molecule has 5 rings (SSSR count). The molecule has 1 unspecified atom stereocenters. The number of carbonyl (C=O) groups excluding carboxylic acids is 1. The first-order chi connectivity index (χ1) is 19.9. The summed E-state index contributed by atoms with van der Waals surface area (Å²) in [5, 5.41) is 0. The van der Waals surface area contributed by atoms with Gasteiger partial charge in [0.15, 0.2) is 0 Å². The second kappa shape index (κ2) is 12.7. The molecule has 0 amide bonds. The molecule has 0 radical (unpaired) electrons. The van der Waals surface area contributed by atoms with Crippen LogP contribution in [0.15, 0.2) is 60.9 Å². The number of nitrogens with zero attached hydrogens (tertiary/aromatic N) is 3. The number of piperidine rings is 1. The van der Waals surface area contributed by atoms with Crippen LogP contribution < -0.4 is 4.72 Å². The Hall–Kier alpha value is -3.05. The number of allylic oxidation sites excluding steroid dienone is 1. The summed E-state index contributed by atoms with van der Waals surface area (Å²) < 4.78 is 40.4. The Morgan fingerprint density at radius 2 is 1.90 bits per heavy atom. The molecule has 2 aliphatic rings. The topological polar surface area (TPSA) is 103 Å². The van der Waals surface area contributed by atoms with Crippen LogP contribution in [0.2, 0.25) is 0 Å². The lowest BCUT2D eigenvalue weighted by molar-refractivity contribution is -0.00338. The van der Waals surface area contributed by atoms with Crippen LogP contribution >= 0.6 is 0 Å². The predicted molar refractivity (Wildman–Crippen MR) is 165 cm³/mol. The van der Waals surface area contributed by atoms with Crippen LogP contribution in [0.5, 0.6) is 0 Å². The fourth-order valence-corrected chi connectivity index (χ4v) is 6.70. The number of aromatic nitrogens is 2. The molecule has 0 spiro atoms. The Morgan fingerprint density at radius 3 is 2.60 bits per heavy atom. The molecule has 1 fully saturated rings. The lowest BCUT2D eigenvalue weighted by Gasteiger charge is -2.39. The van der Waals surface area contributed by atoms with Gasteiger partial charge in [0.05, 0.1) is 30.0 Å². The number of rotatable bonds is 8. The highest BCUT2D eigenvalue weighted by Crippen LogP contribution is 2.31. The fraction of sp³-hybridized carbons (Fsp3) is 0.500. The van der Waals surface area contributed by atoms with Crippen LogP contribution in [0, 0.1) is 5.92 Å². The van der Waals surface area contributed by atoms with Crippen molar-refractivity contribution >= 4 is 32.7 Å². The van der Waals surface area contributed by atoms with Gasteiger partial charge in [-0.05, 0) is 75.3 Å². The molecule has 1 N–H and O–H groups in total. The molecule has 3 atom stereocenters. The molecular weight excluding hydrogens is 552 g/mol. The van der Waals surface area contributed by atoms with Crippen molar-refractivity contribution in [3.63, 3.8) is 0 Å². The Bertz CT molecular complexity index is 1530. The standard InChI is InChI=1S/C32H42N4O5S/c1-32(2,3)41-31(37)36-22-33-29-18-25(12-15-30(29)36)24-10-13-27(14-11-24)40-21-26-20-35(19-23-8-6-5-7-9-23)17-16-28(26)34-42(4,38)39/h5-10,12,15,18,22,26-28,34H,11,13-14,16-17,19-21H2,1-4H3/t26-,27?,28-/m0/s1. The van der Waals surface area contributed by atoms with Crippen molar-refractivity contribution in [2.45, 2.75) is 70.7 Å². The monoisotopic (exact) mass is 594 g/mol. The molecule has 226 valence electrons. The van der Waals surface area contributed by atoms with Gasteiger partial charge in [0.25, 0.3) is 0 Å². The van der Waals surface area contributed by atoms with Gasteiger partial charge in [0.2, 0.25) is 10.0 Å². The molecule has 1 aliphatic heterocycles. The molecule has 1 aliphatic carbocycles. The highest BCUT2D eigenvalue weighted by atomic mass is 32.2. The minimum Gasteiger partial charge on any atom is -0.443 e. The summed E-state index contributed by atoms with van der Waals surface area (Å²) in [6.07, 6.45) is 7.94. The van der Waals surface area contributed by atoms with E-state index in [0.29, 0.717) is 6.61 Å². The Balaban J connectivity index is 1.20. The quantitative estimate of drug-likeness (QED) is 0.382. The van der Waals surface area contributed by atoms with Crippen molar-refractivity contribution < 1.29 is 22.7 Å². The molecule has 10 heteroatoms. The minimum absolute atomic E-state index is 0.0741. The van der Waals surface area contributed by atoms with Gasteiger partial charge in [-0.25, -0.2) is 27.5 Å². The van der Waals surface area contributed by atoms with Crippen LogP contribution in [0.25, 0.3) is 16.6 Å². The highest BCUT2D eigenvalue weighted by molar-refractivity contribution is 7.88. The number of carbonyl (C=O) groups is 1. The molecule has 1 saturated heterocycles. The maximum atomic E-state index is 12.6. The number of ether oxygens (including phenoxy) is 2. The van der Waals surface area contributed by atoms with Gasteiger partial charge in [0.1, 0.15) is 11.9 Å². The van der Waals surface area contributed by atoms with Gasteiger partial charge in [-0.1, -0.05) is 42.5 Å². The van der Waals surface area contributed by atoms with E-state index in [2.05, 4.69) is 32.8 Å². The summed E-state index contributed by atoms with van der Waals surface area (Å²) in [6.45, 7) is 8.51. The van der Waals surface area contributed by atoms with Gasteiger partial charge in [0, 0.05) is 31.6 Å². The molecule has 2 heterocycles. The van der Waals surface area contributed by atoms with Crippen LogP contribution in [0.3, 0.4) is 0 Å². The first kappa shape index (κ1) is 30.4. The summed E-state index contributed by atoms with van der Waals surface area (Å²) in [7, 11) is -3.31. The molecule has 42 heavy (non-hydrogen) atoms. The SMILES string of the molecule is CC(C)(C)OC(=O)n1cnc2cc(C3=CCC(OC[C@@H]4CN(Cc5ccccc5)CC[C@@H]4NS(C)(=O)=O)CC3)ccc21. The lowest BCUT2D eigenvalue weighted by Crippen LogP contribution is -2.52.